The number of hydrogen-bond donors (Lipinski definition) is 2. The van der Waals surface area contributed by atoms with E-state index in [0.29, 0.717) is 22.7 Å². The fraction of sp³-hybridized carbons (Fsp3) is 0.458. The number of imidazole rings is 1. The van der Waals surface area contributed by atoms with Gasteiger partial charge in [0.05, 0.1) is 16.6 Å². The van der Waals surface area contributed by atoms with Crippen LogP contribution in [0.5, 0.6) is 0 Å². The van der Waals surface area contributed by atoms with E-state index in [0.717, 1.165) is 49.2 Å². The quantitative estimate of drug-likeness (QED) is 0.538. The summed E-state index contributed by atoms with van der Waals surface area (Å²) in [6.07, 6.45) is 1.03. The highest BCUT2D eigenvalue weighted by molar-refractivity contribution is 6.04. The Kier molecular flexibility index (Phi) is 5.94. The van der Waals surface area contributed by atoms with Gasteiger partial charge in [0, 0.05) is 24.2 Å². The largest absolute Gasteiger partial charge is 0.433 e. The summed E-state index contributed by atoms with van der Waals surface area (Å²) in [4.78, 5) is 21.1. The Morgan fingerprint density at radius 2 is 1.82 bits per heavy atom. The number of rotatable bonds is 4. The minimum absolute atomic E-state index is 0.303. The number of benzene rings is 1. The van der Waals surface area contributed by atoms with E-state index in [4.69, 9.17) is 4.98 Å². The summed E-state index contributed by atoms with van der Waals surface area (Å²) in [6.45, 7) is 3.16. The van der Waals surface area contributed by atoms with Crippen molar-refractivity contribution < 1.29 is 23.1 Å². The van der Waals surface area contributed by atoms with Gasteiger partial charge in [-0.3, -0.25) is 4.79 Å². The summed E-state index contributed by atoms with van der Waals surface area (Å²) in [7, 11) is 1.92. The zero-order valence-electron chi connectivity index (χ0n) is 18.8. The lowest BCUT2D eigenvalue weighted by molar-refractivity contribution is -0.141. The molecule has 0 atom stereocenters. The molecule has 2 N–H and O–H groups in total. The first kappa shape index (κ1) is 23.2. The third-order valence-corrected chi connectivity index (χ3v) is 6.20. The van der Waals surface area contributed by atoms with Crippen LogP contribution in [0.4, 0.5) is 18.9 Å². The zero-order valence-corrected chi connectivity index (χ0v) is 18.8. The molecular weight excluding hydrogens is 433 g/mol. The number of aryl methyl sites for hydroxylation is 1. The average Bonchev–Trinajstić information content (AvgIpc) is 3.08. The molecule has 0 bridgehead atoms. The van der Waals surface area contributed by atoms with Gasteiger partial charge >= 0.3 is 6.18 Å². The van der Waals surface area contributed by atoms with Gasteiger partial charge in [0.15, 0.2) is 0 Å². The molecule has 1 aliphatic rings. The number of alkyl halides is 3. The standard InChI is InChI=1S/C24H27F3N4O2/c1-23(2,33)15-12-18-19(31(3)21(29-18)14-8-5-4-6-9-14)13-17(15)30-22(32)16-10-7-11-20(28-16)24(25,26)27/h7,10-14,33H,4-6,8-9H2,1-3H3,(H,30,32). The second-order valence-corrected chi connectivity index (χ2v) is 9.17. The number of amides is 1. The minimum atomic E-state index is -4.66. The summed E-state index contributed by atoms with van der Waals surface area (Å²) < 4.78 is 41.0. The average molecular weight is 461 g/mol. The monoisotopic (exact) mass is 460 g/mol. The summed E-state index contributed by atoms with van der Waals surface area (Å²) in [5.74, 6) is 0.532. The van der Waals surface area contributed by atoms with Crippen LogP contribution in [-0.4, -0.2) is 25.5 Å². The first-order valence-electron chi connectivity index (χ1n) is 11.0. The van der Waals surface area contributed by atoms with E-state index in [2.05, 4.69) is 10.3 Å². The van der Waals surface area contributed by atoms with Gasteiger partial charge in [0.25, 0.3) is 5.91 Å². The Hall–Kier alpha value is -2.94. The van der Waals surface area contributed by atoms with Crippen LogP contribution in [0.15, 0.2) is 30.3 Å². The highest BCUT2D eigenvalue weighted by Gasteiger charge is 2.33. The van der Waals surface area contributed by atoms with Crippen LogP contribution in [0.25, 0.3) is 11.0 Å². The predicted molar refractivity (Wildman–Crippen MR) is 119 cm³/mol. The third-order valence-electron chi connectivity index (χ3n) is 6.20. The van der Waals surface area contributed by atoms with Crippen LogP contribution < -0.4 is 5.32 Å². The molecule has 0 aliphatic heterocycles. The number of halogens is 3. The van der Waals surface area contributed by atoms with Crippen molar-refractivity contribution in [1.82, 2.24) is 14.5 Å². The van der Waals surface area contributed by atoms with Gasteiger partial charge in [-0.05, 0) is 51.0 Å². The van der Waals surface area contributed by atoms with Gasteiger partial charge in [-0.25, -0.2) is 9.97 Å². The van der Waals surface area contributed by atoms with E-state index in [-0.39, 0.29) is 5.69 Å². The van der Waals surface area contributed by atoms with Crippen molar-refractivity contribution in [2.24, 2.45) is 7.05 Å². The van der Waals surface area contributed by atoms with Crippen molar-refractivity contribution in [3.05, 3.63) is 53.1 Å². The number of carbonyl (C=O) groups is 1. The highest BCUT2D eigenvalue weighted by atomic mass is 19.4. The molecule has 6 nitrogen and oxygen atoms in total. The molecule has 2 aromatic heterocycles. The molecule has 1 aromatic carbocycles. The molecule has 176 valence electrons. The van der Waals surface area contributed by atoms with E-state index < -0.39 is 23.4 Å². The normalized spacial score (nSPS) is 15.7. The fourth-order valence-electron chi connectivity index (χ4n) is 4.50. The van der Waals surface area contributed by atoms with Crippen molar-refractivity contribution in [2.75, 3.05) is 5.32 Å². The molecule has 3 aromatic rings. The van der Waals surface area contributed by atoms with Crippen molar-refractivity contribution in [3.8, 4) is 0 Å². The van der Waals surface area contributed by atoms with Crippen LogP contribution in [0.3, 0.4) is 0 Å². The SMILES string of the molecule is Cn1c(C2CCCCC2)nc2cc(C(C)(C)O)c(NC(=O)c3cccc(C(F)(F)F)n3)cc21. The van der Waals surface area contributed by atoms with E-state index in [1.807, 2.05) is 11.6 Å². The number of carbonyl (C=O) groups excluding carboxylic acids is 1. The second-order valence-electron chi connectivity index (χ2n) is 9.17. The number of aromatic nitrogens is 3. The Morgan fingerprint density at radius 3 is 2.45 bits per heavy atom. The summed E-state index contributed by atoms with van der Waals surface area (Å²) in [6, 6.07) is 6.62. The van der Waals surface area contributed by atoms with Gasteiger partial charge in [0.1, 0.15) is 17.2 Å². The number of anilines is 1. The molecule has 0 unspecified atom stereocenters. The van der Waals surface area contributed by atoms with Gasteiger partial charge in [-0.2, -0.15) is 13.2 Å². The number of fused-ring (bicyclic) bond motifs is 1. The molecule has 1 amide bonds. The molecule has 9 heteroatoms. The van der Waals surface area contributed by atoms with Gasteiger partial charge in [0.2, 0.25) is 0 Å². The maximum absolute atomic E-state index is 13.0. The Bertz CT molecular complexity index is 1190. The predicted octanol–water partition coefficient (Wildman–Crippen LogP) is 5.51. The number of nitrogens with one attached hydrogen (secondary N) is 1. The van der Waals surface area contributed by atoms with Gasteiger partial charge in [-0.15, -0.1) is 0 Å². The fourth-order valence-corrected chi connectivity index (χ4v) is 4.50. The molecule has 1 aliphatic carbocycles. The summed E-state index contributed by atoms with van der Waals surface area (Å²) in [5, 5.41) is 13.4. The van der Waals surface area contributed by atoms with E-state index >= 15 is 0 Å². The minimum Gasteiger partial charge on any atom is -0.386 e. The van der Waals surface area contributed by atoms with Crippen molar-refractivity contribution in [3.63, 3.8) is 0 Å². The molecule has 1 saturated carbocycles. The van der Waals surface area contributed by atoms with Crippen LogP contribution in [0.1, 0.15) is 79.4 Å². The first-order valence-corrected chi connectivity index (χ1v) is 11.0. The van der Waals surface area contributed by atoms with Crippen LogP contribution in [0, 0.1) is 0 Å². The Labute approximate surface area is 189 Å². The second kappa shape index (κ2) is 8.44. The van der Waals surface area contributed by atoms with Gasteiger partial charge in [-0.1, -0.05) is 25.3 Å². The lowest BCUT2D eigenvalue weighted by Gasteiger charge is -2.22. The molecule has 0 radical (unpaired) electrons. The number of pyridine rings is 1. The first-order chi connectivity index (χ1) is 15.4. The molecule has 0 spiro atoms. The van der Waals surface area contributed by atoms with E-state index in [1.165, 1.54) is 12.5 Å². The molecule has 1 fully saturated rings. The molecular formula is C24H27F3N4O2. The van der Waals surface area contributed by atoms with Gasteiger partial charge < -0.3 is 15.0 Å². The molecule has 0 saturated heterocycles. The van der Waals surface area contributed by atoms with Crippen LogP contribution in [0.2, 0.25) is 0 Å². The van der Waals surface area contributed by atoms with Crippen molar-refractivity contribution >= 4 is 22.6 Å². The topological polar surface area (TPSA) is 80.0 Å². The maximum Gasteiger partial charge on any atom is 0.433 e. The third kappa shape index (κ3) is 4.73. The van der Waals surface area contributed by atoms with E-state index in [1.54, 1.807) is 26.0 Å². The molecule has 33 heavy (non-hydrogen) atoms. The van der Waals surface area contributed by atoms with Crippen molar-refractivity contribution in [2.45, 2.75) is 63.6 Å². The molecule has 2 heterocycles. The summed E-state index contributed by atoms with van der Waals surface area (Å²) >= 11 is 0. The molecule has 4 rings (SSSR count). The summed E-state index contributed by atoms with van der Waals surface area (Å²) in [5.41, 5.74) is -0.625. The lowest BCUT2D eigenvalue weighted by Crippen LogP contribution is -2.22. The maximum atomic E-state index is 13.0. The Balaban J connectivity index is 1.74. The van der Waals surface area contributed by atoms with E-state index in [9.17, 15) is 23.1 Å². The lowest BCUT2D eigenvalue weighted by atomic mass is 9.89. The van der Waals surface area contributed by atoms with Crippen LogP contribution >= 0.6 is 0 Å². The number of nitrogens with zero attached hydrogens (tertiary/aromatic N) is 3. The number of hydrogen-bond acceptors (Lipinski definition) is 4. The van der Waals surface area contributed by atoms with Crippen LogP contribution in [-0.2, 0) is 18.8 Å². The van der Waals surface area contributed by atoms with Crippen molar-refractivity contribution in [1.29, 1.82) is 0 Å². The smallest absolute Gasteiger partial charge is 0.386 e. The Morgan fingerprint density at radius 1 is 1.12 bits per heavy atom. The number of aliphatic hydroxyl groups is 1. The zero-order chi connectivity index (χ0) is 24.0. The highest BCUT2D eigenvalue weighted by Crippen LogP contribution is 2.37.